The molecule has 0 bridgehead atoms. The van der Waals surface area contributed by atoms with E-state index in [4.69, 9.17) is 0 Å². The maximum absolute atomic E-state index is 10.4. The molecule has 0 saturated heterocycles. The van der Waals surface area contributed by atoms with Gasteiger partial charge in [0.05, 0.1) is 5.69 Å². The van der Waals surface area contributed by atoms with Gasteiger partial charge in [-0.3, -0.25) is 4.68 Å². The predicted molar refractivity (Wildman–Crippen MR) is 76.0 cm³/mol. The van der Waals surface area contributed by atoms with Crippen LogP contribution in [0.5, 0.6) is 5.75 Å². The molecule has 3 heteroatoms. The summed E-state index contributed by atoms with van der Waals surface area (Å²) in [6.07, 6.45) is 0.877. The first-order valence-corrected chi connectivity index (χ1v) is 6.92. The monoisotopic (exact) mass is 252 g/mol. The summed E-state index contributed by atoms with van der Waals surface area (Å²) >= 11 is 0. The van der Waals surface area contributed by atoms with Gasteiger partial charge in [-0.2, -0.15) is 5.10 Å². The minimum atomic E-state index is -0.113. The van der Waals surface area contributed by atoms with E-state index in [1.165, 1.54) is 0 Å². The van der Waals surface area contributed by atoms with Gasteiger partial charge in [-0.05, 0) is 18.3 Å². The molecule has 0 fully saturated rings. The van der Waals surface area contributed by atoms with Crippen LogP contribution < -0.4 is 0 Å². The molecule has 1 aromatic heterocycles. The maximum Gasteiger partial charge on any atom is 0.160 e. The number of hydrogen-bond acceptors (Lipinski definition) is 2. The van der Waals surface area contributed by atoms with E-state index >= 15 is 0 Å². The van der Waals surface area contributed by atoms with Crippen molar-refractivity contribution in [2.24, 2.45) is 11.8 Å². The number of aromatic nitrogens is 2. The lowest BCUT2D eigenvalue weighted by molar-refractivity contribution is 0.429. The summed E-state index contributed by atoms with van der Waals surface area (Å²) in [5, 5.41) is 15.1. The van der Waals surface area contributed by atoms with E-state index in [2.05, 4.69) is 53.6 Å². The van der Waals surface area contributed by atoms with Crippen molar-refractivity contribution >= 4 is 0 Å². The molecule has 0 aliphatic heterocycles. The average molecular weight is 252 g/mol. The predicted octanol–water partition coefficient (Wildman–Crippen LogP) is 3.74. The summed E-state index contributed by atoms with van der Waals surface area (Å²) in [5.41, 5.74) is 1.69. The highest BCUT2D eigenvalue weighted by Gasteiger charge is 2.26. The molecule has 104 valence electrons. The van der Waals surface area contributed by atoms with E-state index in [0.717, 1.165) is 24.4 Å². The van der Waals surface area contributed by atoms with Crippen LogP contribution in [0.2, 0.25) is 0 Å². The van der Waals surface area contributed by atoms with Gasteiger partial charge in [-0.15, -0.1) is 0 Å². The summed E-state index contributed by atoms with van der Waals surface area (Å²) in [4.78, 5) is 0. The van der Waals surface area contributed by atoms with Crippen LogP contribution in [-0.2, 0) is 18.4 Å². The van der Waals surface area contributed by atoms with Crippen molar-refractivity contribution in [3.8, 4) is 5.75 Å². The zero-order valence-corrected chi connectivity index (χ0v) is 12.9. The summed E-state index contributed by atoms with van der Waals surface area (Å²) in [6, 6.07) is 0. The Morgan fingerprint density at radius 1 is 1.11 bits per heavy atom. The smallest absolute Gasteiger partial charge is 0.160 e. The largest absolute Gasteiger partial charge is 0.504 e. The molecular weight excluding hydrogens is 224 g/mol. The van der Waals surface area contributed by atoms with Crippen molar-refractivity contribution in [3.63, 3.8) is 0 Å². The Morgan fingerprint density at radius 3 is 2.06 bits per heavy atom. The molecule has 1 N–H and O–H groups in total. The second-order valence-electron chi connectivity index (χ2n) is 7.07. The molecule has 1 aromatic rings. The van der Waals surface area contributed by atoms with Gasteiger partial charge in [-0.1, -0.05) is 48.5 Å². The van der Waals surface area contributed by atoms with E-state index in [0.29, 0.717) is 17.6 Å². The van der Waals surface area contributed by atoms with Crippen LogP contribution >= 0.6 is 0 Å². The maximum atomic E-state index is 10.4. The quantitative estimate of drug-likeness (QED) is 0.886. The molecule has 0 amide bonds. The van der Waals surface area contributed by atoms with Crippen LogP contribution in [0.25, 0.3) is 0 Å². The second-order valence-corrected chi connectivity index (χ2v) is 7.07. The Labute approximate surface area is 111 Å². The van der Waals surface area contributed by atoms with Crippen LogP contribution in [0.3, 0.4) is 0 Å². The SMILES string of the molecule is CC(C)Cc1c(O)c(C(C)(C)C)nn1CC(C)C. The molecule has 0 atom stereocenters. The fourth-order valence-electron chi connectivity index (χ4n) is 2.08. The molecule has 0 aromatic carbocycles. The number of nitrogens with zero attached hydrogens (tertiary/aromatic N) is 2. The molecule has 0 radical (unpaired) electrons. The van der Waals surface area contributed by atoms with Gasteiger partial charge in [0, 0.05) is 12.0 Å². The van der Waals surface area contributed by atoms with Gasteiger partial charge in [-0.25, -0.2) is 0 Å². The highest BCUT2D eigenvalue weighted by atomic mass is 16.3. The molecule has 0 saturated carbocycles. The van der Waals surface area contributed by atoms with Gasteiger partial charge in [0.1, 0.15) is 5.69 Å². The fourth-order valence-corrected chi connectivity index (χ4v) is 2.08. The minimum Gasteiger partial charge on any atom is -0.504 e. The summed E-state index contributed by atoms with van der Waals surface area (Å²) in [6.45, 7) is 15.8. The third kappa shape index (κ3) is 3.50. The third-order valence-electron chi connectivity index (χ3n) is 2.88. The lowest BCUT2D eigenvalue weighted by atomic mass is 9.91. The van der Waals surface area contributed by atoms with Gasteiger partial charge in [0.15, 0.2) is 5.75 Å². The molecule has 0 spiro atoms. The van der Waals surface area contributed by atoms with E-state index in [9.17, 15) is 5.11 Å². The number of aromatic hydroxyl groups is 1. The molecule has 1 heterocycles. The Kier molecular flexibility index (Phi) is 4.46. The Hall–Kier alpha value is -0.990. The van der Waals surface area contributed by atoms with Crippen molar-refractivity contribution in [2.45, 2.75) is 66.8 Å². The highest BCUT2D eigenvalue weighted by Crippen LogP contribution is 2.33. The third-order valence-corrected chi connectivity index (χ3v) is 2.88. The van der Waals surface area contributed by atoms with Crippen molar-refractivity contribution < 1.29 is 5.11 Å². The summed E-state index contributed by atoms with van der Waals surface area (Å²) in [7, 11) is 0. The van der Waals surface area contributed by atoms with Crippen LogP contribution in [0.1, 0.15) is 59.9 Å². The van der Waals surface area contributed by atoms with Crippen LogP contribution in [0.4, 0.5) is 0 Å². The zero-order valence-electron chi connectivity index (χ0n) is 12.9. The van der Waals surface area contributed by atoms with E-state index < -0.39 is 0 Å². The summed E-state index contributed by atoms with van der Waals surface area (Å²) in [5.74, 6) is 1.45. The molecular formula is C15H28N2O. The van der Waals surface area contributed by atoms with Crippen molar-refractivity contribution in [1.29, 1.82) is 0 Å². The lowest BCUT2D eigenvalue weighted by Crippen LogP contribution is -2.14. The fraction of sp³-hybridized carbons (Fsp3) is 0.800. The average Bonchev–Trinajstić information content (AvgIpc) is 2.43. The second kappa shape index (κ2) is 5.33. The van der Waals surface area contributed by atoms with Crippen LogP contribution in [0.15, 0.2) is 0 Å². The van der Waals surface area contributed by atoms with Crippen molar-refractivity contribution in [2.75, 3.05) is 0 Å². The standard InChI is InChI=1S/C15H28N2O/c1-10(2)8-12-13(18)14(15(5,6)7)16-17(12)9-11(3)4/h10-11,18H,8-9H2,1-7H3. The van der Waals surface area contributed by atoms with Gasteiger partial charge >= 0.3 is 0 Å². The molecule has 0 aliphatic rings. The van der Waals surface area contributed by atoms with Crippen LogP contribution in [-0.4, -0.2) is 14.9 Å². The molecule has 0 unspecified atom stereocenters. The van der Waals surface area contributed by atoms with Gasteiger partial charge in [0.2, 0.25) is 0 Å². The number of rotatable bonds is 4. The van der Waals surface area contributed by atoms with Gasteiger partial charge in [0.25, 0.3) is 0 Å². The van der Waals surface area contributed by atoms with Gasteiger partial charge < -0.3 is 5.11 Å². The Morgan fingerprint density at radius 2 is 1.67 bits per heavy atom. The topological polar surface area (TPSA) is 38.1 Å². The normalized spacial score (nSPS) is 12.7. The number of hydrogen-bond donors (Lipinski definition) is 1. The molecule has 3 nitrogen and oxygen atoms in total. The minimum absolute atomic E-state index is 0.113. The van der Waals surface area contributed by atoms with E-state index in [1.54, 1.807) is 0 Å². The highest BCUT2D eigenvalue weighted by molar-refractivity contribution is 5.36. The van der Waals surface area contributed by atoms with E-state index in [1.807, 2.05) is 4.68 Å². The first-order valence-electron chi connectivity index (χ1n) is 6.92. The summed E-state index contributed by atoms with van der Waals surface area (Å²) < 4.78 is 2.00. The van der Waals surface area contributed by atoms with Crippen molar-refractivity contribution in [1.82, 2.24) is 9.78 Å². The molecule has 18 heavy (non-hydrogen) atoms. The Balaban J connectivity index is 3.22. The first kappa shape index (κ1) is 15.1. The van der Waals surface area contributed by atoms with E-state index in [-0.39, 0.29) is 5.41 Å². The zero-order chi connectivity index (χ0) is 14.1. The molecule has 0 aliphatic carbocycles. The first-order chi connectivity index (χ1) is 8.12. The van der Waals surface area contributed by atoms with Crippen LogP contribution in [0, 0.1) is 11.8 Å². The molecule has 1 rings (SSSR count). The lowest BCUT2D eigenvalue weighted by Gasteiger charge is -2.15. The van der Waals surface area contributed by atoms with Crippen molar-refractivity contribution in [3.05, 3.63) is 11.4 Å². The Bertz CT molecular complexity index is 397.